The van der Waals surface area contributed by atoms with E-state index in [9.17, 15) is 9.90 Å². The Morgan fingerprint density at radius 3 is 2.75 bits per heavy atom. The van der Waals surface area contributed by atoms with E-state index in [2.05, 4.69) is 5.32 Å². The van der Waals surface area contributed by atoms with Gasteiger partial charge in [-0.2, -0.15) is 0 Å². The molecule has 1 saturated heterocycles. The molecule has 2 rings (SSSR count). The third kappa shape index (κ3) is 2.83. The predicted octanol–water partition coefficient (Wildman–Crippen LogP) is 1.50. The number of phenols is 1. The van der Waals surface area contributed by atoms with Crippen molar-refractivity contribution in [1.82, 2.24) is 5.32 Å². The Kier molecular flexibility index (Phi) is 3.57. The van der Waals surface area contributed by atoms with E-state index >= 15 is 0 Å². The summed E-state index contributed by atoms with van der Waals surface area (Å²) < 4.78 is 0. The number of carbonyl (C=O) groups is 1. The fraction of sp³-hybridized carbons (Fsp3) is 0.462. The van der Waals surface area contributed by atoms with Crippen LogP contribution in [0.3, 0.4) is 0 Å². The molecule has 1 aromatic carbocycles. The van der Waals surface area contributed by atoms with Crippen LogP contribution >= 0.6 is 0 Å². The van der Waals surface area contributed by atoms with Gasteiger partial charge in [-0.05, 0) is 37.1 Å². The monoisotopic (exact) mass is 219 g/mol. The van der Waals surface area contributed by atoms with Gasteiger partial charge in [-0.1, -0.05) is 12.1 Å². The Hall–Kier alpha value is -1.35. The summed E-state index contributed by atoms with van der Waals surface area (Å²) in [5, 5.41) is 12.4. The highest BCUT2D eigenvalue weighted by Gasteiger charge is 2.20. The van der Waals surface area contributed by atoms with E-state index in [4.69, 9.17) is 0 Å². The van der Waals surface area contributed by atoms with Crippen LogP contribution in [0.5, 0.6) is 5.75 Å². The summed E-state index contributed by atoms with van der Waals surface area (Å²) in [6, 6.07) is 7.13. The molecule has 1 aliphatic rings. The molecule has 0 aromatic heterocycles. The Labute approximate surface area is 95.5 Å². The number of hydrogen-bond acceptors (Lipinski definition) is 3. The molecule has 16 heavy (non-hydrogen) atoms. The maximum Gasteiger partial charge on any atom is 0.137 e. The summed E-state index contributed by atoms with van der Waals surface area (Å²) in [4.78, 5) is 11.8. The van der Waals surface area contributed by atoms with Gasteiger partial charge < -0.3 is 10.4 Å². The van der Waals surface area contributed by atoms with E-state index in [1.165, 1.54) is 0 Å². The molecule has 1 fully saturated rings. The average molecular weight is 219 g/mol. The quantitative estimate of drug-likeness (QED) is 0.792. The number of nitrogens with one attached hydrogen (secondary N) is 1. The number of aromatic hydroxyl groups is 1. The SMILES string of the molecule is O=C1CCNCCC1Cc1ccc(O)cc1. The summed E-state index contributed by atoms with van der Waals surface area (Å²) in [6.45, 7) is 1.74. The fourth-order valence-electron chi connectivity index (χ4n) is 2.11. The highest BCUT2D eigenvalue weighted by atomic mass is 16.3. The molecule has 2 N–H and O–H groups in total. The van der Waals surface area contributed by atoms with Crippen molar-refractivity contribution in [1.29, 1.82) is 0 Å². The zero-order valence-electron chi connectivity index (χ0n) is 9.28. The molecule has 1 aromatic rings. The number of benzene rings is 1. The molecule has 0 radical (unpaired) electrons. The van der Waals surface area contributed by atoms with Crippen molar-refractivity contribution >= 4 is 5.78 Å². The third-order valence-corrected chi connectivity index (χ3v) is 3.09. The normalized spacial score (nSPS) is 21.8. The lowest BCUT2D eigenvalue weighted by Gasteiger charge is -2.12. The van der Waals surface area contributed by atoms with Crippen LogP contribution in [0, 0.1) is 5.92 Å². The van der Waals surface area contributed by atoms with Crippen molar-refractivity contribution in [3.8, 4) is 5.75 Å². The highest BCUT2D eigenvalue weighted by Crippen LogP contribution is 2.18. The molecule has 3 nitrogen and oxygen atoms in total. The number of rotatable bonds is 2. The van der Waals surface area contributed by atoms with E-state index in [1.807, 2.05) is 12.1 Å². The smallest absolute Gasteiger partial charge is 0.137 e. The van der Waals surface area contributed by atoms with Crippen LogP contribution in [0.15, 0.2) is 24.3 Å². The number of phenolic OH excluding ortho intramolecular Hbond substituents is 1. The largest absolute Gasteiger partial charge is 0.508 e. The lowest BCUT2D eigenvalue weighted by Crippen LogP contribution is -2.16. The molecule has 86 valence electrons. The van der Waals surface area contributed by atoms with E-state index < -0.39 is 0 Å². The maximum absolute atomic E-state index is 11.8. The minimum Gasteiger partial charge on any atom is -0.508 e. The van der Waals surface area contributed by atoms with Gasteiger partial charge in [0.2, 0.25) is 0 Å². The van der Waals surface area contributed by atoms with Crippen LogP contribution in [0.2, 0.25) is 0 Å². The molecule has 1 aliphatic heterocycles. The average Bonchev–Trinajstić information content (AvgIpc) is 2.48. The molecule has 0 saturated carbocycles. The van der Waals surface area contributed by atoms with Gasteiger partial charge in [0, 0.05) is 18.9 Å². The second-order valence-electron chi connectivity index (χ2n) is 4.32. The van der Waals surface area contributed by atoms with Gasteiger partial charge in [-0.3, -0.25) is 4.79 Å². The molecular formula is C13H17NO2. The van der Waals surface area contributed by atoms with Crippen molar-refractivity contribution in [2.75, 3.05) is 13.1 Å². The summed E-state index contributed by atoms with van der Waals surface area (Å²) >= 11 is 0. The minimum atomic E-state index is 0.138. The van der Waals surface area contributed by atoms with Gasteiger partial charge in [0.05, 0.1) is 0 Å². The first-order valence-corrected chi connectivity index (χ1v) is 5.77. The molecule has 0 amide bonds. The van der Waals surface area contributed by atoms with Gasteiger partial charge in [0.25, 0.3) is 0 Å². The molecule has 1 atom stereocenters. The first-order chi connectivity index (χ1) is 7.75. The first kappa shape index (κ1) is 11.1. The van der Waals surface area contributed by atoms with Crippen LogP contribution < -0.4 is 5.32 Å². The summed E-state index contributed by atoms with van der Waals surface area (Å²) in [5.41, 5.74) is 1.12. The van der Waals surface area contributed by atoms with Crippen LogP contribution in [-0.4, -0.2) is 24.0 Å². The molecule has 1 unspecified atom stereocenters. The van der Waals surface area contributed by atoms with Crippen molar-refractivity contribution < 1.29 is 9.90 Å². The number of Topliss-reactive ketones (excluding diaryl/α,β-unsaturated/α-hetero) is 1. The van der Waals surface area contributed by atoms with Crippen molar-refractivity contribution in [2.24, 2.45) is 5.92 Å². The summed E-state index contributed by atoms with van der Waals surface area (Å²) in [6.07, 6.45) is 2.35. The highest BCUT2D eigenvalue weighted by molar-refractivity contribution is 5.81. The van der Waals surface area contributed by atoms with Crippen molar-refractivity contribution in [2.45, 2.75) is 19.3 Å². The maximum atomic E-state index is 11.8. The standard InChI is InChI=1S/C13H17NO2/c15-12-3-1-10(2-4-12)9-11-5-7-14-8-6-13(11)16/h1-4,11,14-15H,5-9H2. The molecule has 0 bridgehead atoms. The summed E-state index contributed by atoms with van der Waals surface area (Å²) in [7, 11) is 0. The minimum absolute atomic E-state index is 0.138. The van der Waals surface area contributed by atoms with Crippen molar-refractivity contribution in [3.05, 3.63) is 29.8 Å². The van der Waals surface area contributed by atoms with Gasteiger partial charge in [-0.15, -0.1) is 0 Å². The summed E-state index contributed by atoms with van der Waals surface area (Å²) in [5.74, 6) is 0.773. The molecule has 1 heterocycles. The Morgan fingerprint density at radius 2 is 2.00 bits per heavy atom. The van der Waals surface area contributed by atoms with E-state index in [0.717, 1.165) is 31.5 Å². The molecular weight excluding hydrogens is 202 g/mol. The predicted molar refractivity (Wildman–Crippen MR) is 62.4 cm³/mol. The zero-order valence-corrected chi connectivity index (χ0v) is 9.28. The van der Waals surface area contributed by atoms with E-state index in [1.54, 1.807) is 12.1 Å². The molecule has 3 heteroatoms. The van der Waals surface area contributed by atoms with Crippen LogP contribution in [0.25, 0.3) is 0 Å². The fourth-order valence-corrected chi connectivity index (χ4v) is 2.11. The van der Waals surface area contributed by atoms with Gasteiger partial charge in [0.15, 0.2) is 0 Å². The second kappa shape index (κ2) is 5.12. The number of ketones is 1. The van der Waals surface area contributed by atoms with Crippen LogP contribution in [-0.2, 0) is 11.2 Å². The van der Waals surface area contributed by atoms with Gasteiger partial charge in [0.1, 0.15) is 11.5 Å². The van der Waals surface area contributed by atoms with Crippen molar-refractivity contribution in [3.63, 3.8) is 0 Å². The van der Waals surface area contributed by atoms with E-state index in [-0.39, 0.29) is 11.7 Å². The number of carbonyl (C=O) groups excluding carboxylic acids is 1. The van der Waals surface area contributed by atoms with Gasteiger partial charge in [-0.25, -0.2) is 0 Å². The van der Waals surface area contributed by atoms with Crippen LogP contribution in [0.1, 0.15) is 18.4 Å². The van der Waals surface area contributed by atoms with Gasteiger partial charge >= 0.3 is 0 Å². The van der Waals surface area contributed by atoms with E-state index in [0.29, 0.717) is 12.2 Å². The molecule has 0 aliphatic carbocycles. The molecule has 0 spiro atoms. The Bertz CT molecular complexity index is 359. The van der Waals surface area contributed by atoms with Crippen LogP contribution in [0.4, 0.5) is 0 Å². The zero-order chi connectivity index (χ0) is 11.4. The lowest BCUT2D eigenvalue weighted by molar-refractivity contribution is -0.122. The lowest BCUT2D eigenvalue weighted by atomic mass is 9.92. The first-order valence-electron chi connectivity index (χ1n) is 5.77. The number of hydrogen-bond donors (Lipinski definition) is 2. The third-order valence-electron chi connectivity index (χ3n) is 3.09. The topological polar surface area (TPSA) is 49.3 Å². The second-order valence-corrected chi connectivity index (χ2v) is 4.32. The Balaban J connectivity index is 2.02. The Morgan fingerprint density at radius 1 is 1.25 bits per heavy atom.